The molecule has 0 spiro atoms. The van der Waals surface area contributed by atoms with Gasteiger partial charge in [-0.2, -0.15) is 0 Å². The molecule has 1 aliphatic rings. The lowest BCUT2D eigenvalue weighted by atomic mass is 9.92. The van der Waals surface area contributed by atoms with Crippen LogP contribution in [0.2, 0.25) is 0 Å². The normalized spacial score (nSPS) is 21.2. The van der Waals surface area contributed by atoms with E-state index in [0.717, 1.165) is 5.56 Å². The molecule has 1 aromatic rings. The van der Waals surface area contributed by atoms with Crippen LogP contribution < -0.4 is 5.32 Å². The smallest absolute Gasteiger partial charge is 0.407 e. The Morgan fingerprint density at radius 1 is 1.42 bits per heavy atom. The van der Waals surface area contributed by atoms with Crippen molar-refractivity contribution in [2.24, 2.45) is 11.8 Å². The number of cyclic esters (lactones) is 1. The van der Waals surface area contributed by atoms with E-state index >= 15 is 0 Å². The zero-order valence-electron chi connectivity index (χ0n) is 14.2. The van der Waals surface area contributed by atoms with Crippen LogP contribution in [0.25, 0.3) is 0 Å². The van der Waals surface area contributed by atoms with Gasteiger partial charge >= 0.3 is 12.1 Å². The van der Waals surface area contributed by atoms with Crippen LogP contribution in [0.15, 0.2) is 43.0 Å². The summed E-state index contributed by atoms with van der Waals surface area (Å²) in [6, 6.07) is 9.22. The number of amides is 1. The predicted molar refractivity (Wildman–Crippen MR) is 91.2 cm³/mol. The summed E-state index contributed by atoms with van der Waals surface area (Å²) < 4.78 is 10.7. The van der Waals surface area contributed by atoms with Crippen LogP contribution in [-0.2, 0) is 20.9 Å². The number of carbonyl (C=O) groups is 2. The number of allylic oxidation sites excluding steroid dienone is 1. The van der Waals surface area contributed by atoms with E-state index in [1.54, 1.807) is 6.08 Å². The van der Waals surface area contributed by atoms with Gasteiger partial charge in [-0.25, -0.2) is 4.79 Å². The third kappa shape index (κ3) is 4.85. The number of rotatable bonds is 7. The Bertz CT molecular complexity index is 570. The number of carbonyl (C=O) groups excluding carboxylic acids is 2. The maximum atomic E-state index is 12.1. The fraction of sp³-hybridized carbons (Fsp3) is 0.474. The van der Waals surface area contributed by atoms with Crippen molar-refractivity contribution in [3.63, 3.8) is 0 Å². The molecule has 1 heterocycles. The Morgan fingerprint density at radius 3 is 2.75 bits per heavy atom. The Balaban J connectivity index is 1.90. The standard InChI is InChI=1S/C19H25NO4/c1-4-8-15-11-16(24-18(15)21)17(13(2)3)20-19(22)23-12-14-9-6-5-7-10-14/h4-7,9-10,13,15-17H,1,8,11-12H2,2-3H3,(H,20,22)/t15-,16-,17-/m0/s1. The van der Waals surface area contributed by atoms with Crippen LogP contribution in [0.5, 0.6) is 0 Å². The van der Waals surface area contributed by atoms with Gasteiger partial charge in [0, 0.05) is 0 Å². The van der Waals surface area contributed by atoms with E-state index in [0.29, 0.717) is 12.8 Å². The molecular weight excluding hydrogens is 306 g/mol. The van der Waals surface area contributed by atoms with Crippen molar-refractivity contribution in [1.82, 2.24) is 5.32 Å². The van der Waals surface area contributed by atoms with E-state index in [4.69, 9.17) is 9.47 Å². The lowest BCUT2D eigenvalue weighted by Gasteiger charge is -2.26. The molecule has 1 aromatic carbocycles. The first-order valence-corrected chi connectivity index (χ1v) is 8.30. The van der Waals surface area contributed by atoms with Gasteiger partial charge in [0.1, 0.15) is 12.7 Å². The first-order chi connectivity index (χ1) is 11.5. The largest absolute Gasteiger partial charge is 0.460 e. The van der Waals surface area contributed by atoms with Crippen LogP contribution in [0.4, 0.5) is 4.79 Å². The Kier molecular flexibility index (Phi) is 6.41. The van der Waals surface area contributed by atoms with E-state index < -0.39 is 6.09 Å². The number of benzene rings is 1. The van der Waals surface area contributed by atoms with Crippen molar-refractivity contribution in [1.29, 1.82) is 0 Å². The molecule has 0 unspecified atom stereocenters. The van der Waals surface area contributed by atoms with Gasteiger partial charge in [-0.15, -0.1) is 6.58 Å². The fourth-order valence-electron chi connectivity index (χ4n) is 2.87. The highest BCUT2D eigenvalue weighted by atomic mass is 16.6. The average Bonchev–Trinajstić information content (AvgIpc) is 2.92. The van der Waals surface area contributed by atoms with Gasteiger partial charge in [-0.1, -0.05) is 50.3 Å². The number of esters is 1. The second-order valence-corrected chi connectivity index (χ2v) is 6.41. The number of nitrogens with one attached hydrogen (secondary N) is 1. The molecule has 0 aliphatic carbocycles. The summed E-state index contributed by atoms with van der Waals surface area (Å²) in [7, 11) is 0. The molecule has 0 bridgehead atoms. The second-order valence-electron chi connectivity index (χ2n) is 6.41. The molecule has 1 aliphatic heterocycles. The summed E-state index contributed by atoms with van der Waals surface area (Å²) in [4.78, 5) is 24.0. The molecular formula is C19H25NO4. The lowest BCUT2D eigenvalue weighted by Crippen LogP contribution is -2.46. The highest BCUT2D eigenvalue weighted by molar-refractivity contribution is 5.75. The molecule has 0 saturated carbocycles. The first kappa shape index (κ1) is 18.0. The van der Waals surface area contributed by atoms with E-state index in [1.807, 2.05) is 44.2 Å². The maximum Gasteiger partial charge on any atom is 0.407 e. The zero-order valence-corrected chi connectivity index (χ0v) is 14.2. The first-order valence-electron chi connectivity index (χ1n) is 8.30. The summed E-state index contributed by atoms with van der Waals surface area (Å²) in [6.45, 7) is 7.84. The van der Waals surface area contributed by atoms with Crippen molar-refractivity contribution < 1.29 is 19.1 Å². The molecule has 5 heteroatoms. The average molecular weight is 331 g/mol. The van der Waals surface area contributed by atoms with Crippen LogP contribution in [-0.4, -0.2) is 24.2 Å². The molecule has 130 valence electrons. The van der Waals surface area contributed by atoms with Gasteiger partial charge in [0.15, 0.2) is 0 Å². The number of ether oxygens (including phenoxy) is 2. The van der Waals surface area contributed by atoms with Crippen LogP contribution in [0.3, 0.4) is 0 Å². The summed E-state index contributed by atoms with van der Waals surface area (Å²) in [5.74, 6) is -0.268. The maximum absolute atomic E-state index is 12.1. The number of alkyl carbamates (subject to hydrolysis) is 1. The minimum Gasteiger partial charge on any atom is -0.460 e. The fourth-order valence-corrected chi connectivity index (χ4v) is 2.87. The number of hydrogen-bond donors (Lipinski definition) is 1. The van der Waals surface area contributed by atoms with E-state index in [2.05, 4.69) is 11.9 Å². The Labute approximate surface area is 143 Å². The molecule has 2 rings (SSSR count). The molecule has 1 fully saturated rings. The van der Waals surface area contributed by atoms with Gasteiger partial charge in [0.05, 0.1) is 12.0 Å². The monoisotopic (exact) mass is 331 g/mol. The lowest BCUT2D eigenvalue weighted by molar-refractivity contribution is -0.145. The van der Waals surface area contributed by atoms with Crippen molar-refractivity contribution in [3.8, 4) is 0 Å². The van der Waals surface area contributed by atoms with Gasteiger partial charge in [0.2, 0.25) is 0 Å². The molecule has 1 N–H and O–H groups in total. The van der Waals surface area contributed by atoms with E-state index in [1.165, 1.54) is 0 Å². The zero-order chi connectivity index (χ0) is 17.5. The highest BCUT2D eigenvalue weighted by Gasteiger charge is 2.40. The molecule has 1 amide bonds. The van der Waals surface area contributed by atoms with Crippen molar-refractivity contribution in [3.05, 3.63) is 48.6 Å². The Morgan fingerprint density at radius 2 is 2.12 bits per heavy atom. The molecule has 5 nitrogen and oxygen atoms in total. The topological polar surface area (TPSA) is 64.6 Å². The molecule has 0 radical (unpaired) electrons. The third-order valence-corrected chi connectivity index (χ3v) is 4.18. The van der Waals surface area contributed by atoms with Gasteiger partial charge in [-0.05, 0) is 24.3 Å². The molecule has 24 heavy (non-hydrogen) atoms. The summed E-state index contributed by atoms with van der Waals surface area (Å²) in [6.07, 6.45) is 2.08. The van der Waals surface area contributed by atoms with Gasteiger partial charge in [-0.3, -0.25) is 4.79 Å². The SMILES string of the molecule is C=CC[C@H]1C[C@@H]([C@@H](NC(=O)OCc2ccccc2)C(C)C)OC1=O. The summed E-state index contributed by atoms with van der Waals surface area (Å²) in [5, 5.41) is 2.85. The van der Waals surface area contributed by atoms with Crippen molar-refractivity contribution in [2.75, 3.05) is 0 Å². The predicted octanol–water partition coefficient (Wildman–Crippen LogP) is 3.45. The highest BCUT2D eigenvalue weighted by Crippen LogP contribution is 2.28. The molecule has 3 atom stereocenters. The summed E-state index contributed by atoms with van der Waals surface area (Å²) >= 11 is 0. The van der Waals surface area contributed by atoms with Gasteiger partial charge < -0.3 is 14.8 Å². The summed E-state index contributed by atoms with van der Waals surface area (Å²) in [5.41, 5.74) is 0.923. The minimum absolute atomic E-state index is 0.120. The van der Waals surface area contributed by atoms with Crippen LogP contribution in [0.1, 0.15) is 32.3 Å². The van der Waals surface area contributed by atoms with Crippen molar-refractivity contribution in [2.45, 2.75) is 45.4 Å². The van der Waals surface area contributed by atoms with Crippen LogP contribution in [0, 0.1) is 11.8 Å². The second kappa shape index (κ2) is 8.52. The number of hydrogen-bond acceptors (Lipinski definition) is 4. The molecule has 1 saturated heterocycles. The van der Waals surface area contributed by atoms with Gasteiger partial charge in [0.25, 0.3) is 0 Å². The minimum atomic E-state index is -0.499. The molecule has 0 aromatic heterocycles. The third-order valence-electron chi connectivity index (χ3n) is 4.18. The quantitative estimate of drug-likeness (QED) is 0.614. The van der Waals surface area contributed by atoms with E-state index in [9.17, 15) is 9.59 Å². The Hall–Kier alpha value is -2.30. The van der Waals surface area contributed by atoms with Crippen LogP contribution >= 0.6 is 0 Å². The van der Waals surface area contributed by atoms with Crippen molar-refractivity contribution >= 4 is 12.1 Å². The van der Waals surface area contributed by atoms with E-state index in [-0.39, 0.29) is 36.6 Å².